The van der Waals surface area contributed by atoms with Crippen LogP contribution in [0.15, 0.2) is 53.9 Å². The number of aromatic nitrogens is 1. The van der Waals surface area contributed by atoms with Crippen LogP contribution in [-0.4, -0.2) is 17.2 Å². The Kier molecular flexibility index (Phi) is 6.24. The topological polar surface area (TPSA) is 77.3 Å². The maximum atomic E-state index is 12.1. The van der Waals surface area contributed by atoms with Crippen molar-refractivity contribution >= 4 is 12.0 Å². The van der Waals surface area contributed by atoms with E-state index in [1.807, 2.05) is 6.07 Å². The first-order valence-corrected chi connectivity index (χ1v) is 5.93. The molecular weight excluding hydrogens is 334 g/mol. The summed E-state index contributed by atoms with van der Waals surface area (Å²) in [5.41, 5.74) is 1.77. The van der Waals surface area contributed by atoms with Gasteiger partial charge >= 0.3 is 0 Å². The Morgan fingerprint density at radius 3 is 2.67 bits per heavy atom. The van der Waals surface area contributed by atoms with Crippen LogP contribution in [-0.2, 0) is 6.54 Å². The van der Waals surface area contributed by atoms with E-state index in [4.69, 9.17) is 10.5 Å². The largest absolute Gasteiger partial charge is 1.00 e. The summed E-state index contributed by atoms with van der Waals surface area (Å²) in [6.45, 7) is 0.180. The highest BCUT2D eigenvalue weighted by atomic mass is 79.9. The fourth-order valence-electron chi connectivity index (χ4n) is 1.77. The molecule has 21 heavy (non-hydrogen) atoms. The third-order valence-electron chi connectivity index (χ3n) is 2.75. The van der Waals surface area contributed by atoms with Crippen molar-refractivity contribution in [1.82, 2.24) is 0 Å². The van der Waals surface area contributed by atoms with E-state index in [2.05, 4.69) is 5.16 Å². The molecule has 5 nitrogen and oxygen atoms in total. The molecule has 6 heteroatoms. The van der Waals surface area contributed by atoms with Gasteiger partial charge in [-0.05, 0) is 30.3 Å². The molecule has 0 saturated heterocycles. The standard InChI is InChI=1S/C15H11N3O2.BrH/c16-8-12-3-5-14(6-4-12)15(19)11-18-7-1-2-13(10-18)9-17-20;/h1-7,9-10H,11H2;1H. The highest BCUT2D eigenvalue weighted by Gasteiger charge is 2.12. The first kappa shape index (κ1) is 16.5. The van der Waals surface area contributed by atoms with Crippen molar-refractivity contribution in [2.24, 2.45) is 5.16 Å². The number of ketones is 1. The van der Waals surface area contributed by atoms with Crippen molar-refractivity contribution in [3.63, 3.8) is 0 Å². The molecule has 0 fully saturated rings. The Labute approximate surface area is 132 Å². The smallest absolute Gasteiger partial charge is 0.227 e. The number of hydrogen-bond acceptors (Lipinski definition) is 4. The number of benzene rings is 1. The maximum absolute atomic E-state index is 12.1. The minimum atomic E-state index is -0.0578. The van der Waals surface area contributed by atoms with E-state index in [1.165, 1.54) is 6.21 Å². The SMILES string of the molecule is N#Cc1ccc(C(=O)C[n+]2cccc(C=NO)c2)cc1.[Br-]. The molecule has 2 aromatic rings. The van der Waals surface area contributed by atoms with Crippen LogP contribution in [0.1, 0.15) is 21.5 Å². The number of rotatable bonds is 4. The van der Waals surface area contributed by atoms with Crippen LogP contribution in [0.3, 0.4) is 0 Å². The molecule has 0 unspecified atom stereocenters. The third kappa shape index (κ3) is 4.51. The number of carbonyl (C=O) groups excluding carboxylic acids is 1. The highest BCUT2D eigenvalue weighted by molar-refractivity contribution is 5.95. The van der Waals surface area contributed by atoms with Gasteiger partial charge in [-0.3, -0.25) is 4.79 Å². The lowest BCUT2D eigenvalue weighted by atomic mass is 10.1. The van der Waals surface area contributed by atoms with Crippen LogP contribution in [0.5, 0.6) is 0 Å². The molecule has 0 aliphatic rings. The number of oxime groups is 1. The van der Waals surface area contributed by atoms with Gasteiger partial charge in [-0.15, -0.1) is 0 Å². The summed E-state index contributed by atoms with van der Waals surface area (Å²) >= 11 is 0. The van der Waals surface area contributed by atoms with E-state index in [9.17, 15) is 4.79 Å². The summed E-state index contributed by atoms with van der Waals surface area (Å²) in [6.07, 6.45) is 4.76. The fourth-order valence-corrected chi connectivity index (χ4v) is 1.77. The summed E-state index contributed by atoms with van der Waals surface area (Å²) in [6, 6.07) is 12.1. The molecule has 0 bridgehead atoms. The van der Waals surface area contributed by atoms with Crippen molar-refractivity contribution in [1.29, 1.82) is 5.26 Å². The predicted octanol–water partition coefficient (Wildman–Crippen LogP) is -1.46. The lowest BCUT2D eigenvalue weighted by Crippen LogP contribution is -3.00. The molecule has 0 amide bonds. The molecule has 0 atom stereocenters. The summed E-state index contributed by atoms with van der Waals surface area (Å²) in [4.78, 5) is 12.1. The molecular formula is C15H12BrN3O2. The van der Waals surface area contributed by atoms with Crippen LogP contribution in [0.4, 0.5) is 0 Å². The first-order chi connectivity index (χ1) is 9.72. The average molecular weight is 346 g/mol. The third-order valence-corrected chi connectivity index (χ3v) is 2.75. The average Bonchev–Trinajstić information content (AvgIpc) is 2.48. The van der Waals surface area contributed by atoms with Gasteiger partial charge in [0.25, 0.3) is 0 Å². The number of Topliss-reactive ketones (excluding diaryl/α,β-unsaturated/α-hetero) is 1. The van der Waals surface area contributed by atoms with Gasteiger partial charge in [0.05, 0.1) is 23.4 Å². The quantitative estimate of drug-likeness (QED) is 0.242. The number of halogens is 1. The summed E-state index contributed by atoms with van der Waals surface area (Å²) in [7, 11) is 0. The number of nitrogens with zero attached hydrogens (tertiary/aromatic N) is 3. The van der Waals surface area contributed by atoms with Gasteiger partial charge in [-0.2, -0.15) is 9.83 Å². The van der Waals surface area contributed by atoms with E-state index in [0.717, 1.165) is 0 Å². The number of carbonyl (C=O) groups is 1. The predicted molar refractivity (Wildman–Crippen MR) is 71.5 cm³/mol. The van der Waals surface area contributed by atoms with Crippen LogP contribution in [0, 0.1) is 11.3 Å². The lowest BCUT2D eigenvalue weighted by Gasteiger charge is -1.99. The second-order valence-corrected chi connectivity index (χ2v) is 4.17. The number of nitriles is 1. The van der Waals surface area contributed by atoms with E-state index >= 15 is 0 Å². The summed E-state index contributed by atoms with van der Waals surface area (Å²) in [5.74, 6) is -0.0578. The van der Waals surface area contributed by atoms with Gasteiger partial charge in [0.2, 0.25) is 12.3 Å². The molecule has 1 N–H and O–H groups in total. The van der Waals surface area contributed by atoms with Gasteiger partial charge in [-0.25, -0.2) is 0 Å². The van der Waals surface area contributed by atoms with Crippen molar-refractivity contribution in [3.05, 3.63) is 65.5 Å². The molecule has 1 heterocycles. The van der Waals surface area contributed by atoms with E-state index < -0.39 is 0 Å². The Morgan fingerprint density at radius 1 is 1.33 bits per heavy atom. The molecule has 0 spiro atoms. The second kappa shape index (κ2) is 7.92. The molecule has 1 aromatic carbocycles. The van der Waals surface area contributed by atoms with Gasteiger partial charge in [0, 0.05) is 11.6 Å². The molecule has 0 radical (unpaired) electrons. The zero-order valence-corrected chi connectivity index (χ0v) is 12.6. The van der Waals surface area contributed by atoms with E-state index in [-0.39, 0.29) is 29.3 Å². The Morgan fingerprint density at radius 2 is 2.05 bits per heavy atom. The lowest BCUT2D eigenvalue weighted by molar-refractivity contribution is -0.683. The van der Waals surface area contributed by atoms with Gasteiger partial charge in [-0.1, -0.05) is 5.16 Å². The fraction of sp³-hybridized carbons (Fsp3) is 0.0667. The monoisotopic (exact) mass is 345 g/mol. The van der Waals surface area contributed by atoms with Crippen LogP contribution in [0.25, 0.3) is 0 Å². The zero-order valence-electron chi connectivity index (χ0n) is 11.0. The Hall–Kier alpha value is -2.52. The second-order valence-electron chi connectivity index (χ2n) is 4.17. The normalized spacial score (nSPS) is 9.86. The van der Waals surface area contributed by atoms with E-state index in [1.54, 1.807) is 53.4 Å². The van der Waals surface area contributed by atoms with Crippen molar-refractivity contribution in [2.75, 3.05) is 0 Å². The highest BCUT2D eigenvalue weighted by Crippen LogP contribution is 2.04. The first-order valence-electron chi connectivity index (χ1n) is 5.93. The summed E-state index contributed by atoms with van der Waals surface area (Å²) in [5, 5.41) is 20.1. The van der Waals surface area contributed by atoms with E-state index in [0.29, 0.717) is 16.7 Å². The molecule has 2 rings (SSSR count). The minimum absolute atomic E-state index is 0. The minimum Gasteiger partial charge on any atom is -1.00 e. The zero-order chi connectivity index (χ0) is 14.4. The van der Waals surface area contributed by atoms with Crippen molar-refractivity contribution in [2.45, 2.75) is 6.54 Å². The van der Waals surface area contributed by atoms with Crippen LogP contribution >= 0.6 is 0 Å². The number of pyridine rings is 1. The van der Waals surface area contributed by atoms with Gasteiger partial charge < -0.3 is 22.2 Å². The van der Waals surface area contributed by atoms with Crippen molar-refractivity contribution < 1.29 is 31.6 Å². The Bertz CT molecular complexity index is 691. The number of hydrogen-bond donors (Lipinski definition) is 1. The summed E-state index contributed by atoms with van der Waals surface area (Å²) < 4.78 is 1.71. The van der Waals surface area contributed by atoms with Gasteiger partial charge in [0.15, 0.2) is 12.4 Å². The molecule has 0 aliphatic carbocycles. The van der Waals surface area contributed by atoms with Crippen LogP contribution < -0.4 is 21.5 Å². The Balaban J connectivity index is 0.00000220. The molecule has 1 aromatic heterocycles. The van der Waals surface area contributed by atoms with Crippen molar-refractivity contribution in [3.8, 4) is 6.07 Å². The van der Waals surface area contributed by atoms with Crippen LogP contribution in [0.2, 0.25) is 0 Å². The molecule has 106 valence electrons. The van der Waals surface area contributed by atoms with Gasteiger partial charge in [0.1, 0.15) is 0 Å². The maximum Gasteiger partial charge on any atom is 0.227 e. The molecule has 0 saturated carbocycles. The molecule has 0 aliphatic heterocycles.